The second-order valence-corrected chi connectivity index (χ2v) is 4.70. The van der Waals surface area contributed by atoms with Crippen molar-refractivity contribution in [1.82, 2.24) is 9.38 Å². The molecule has 0 N–H and O–H groups in total. The Kier molecular flexibility index (Phi) is 2.67. The van der Waals surface area contributed by atoms with Crippen LogP contribution in [-0.2, 0) is 0 Å². The Balaban J connectivity index is 2.43. The summed E-state index contributed by atoms with van der Waals surface area (Å²) >= 11 is 0. The van der Waals surface area contributed by atoms with Gasteiger partial charge in [-0.05, 0) is 31.5 Å². The van der Waals surface area contributed by atoms with Crippen molar-refractivity contribution >= 4 is 11.9 Å². The Bertz CT molecular complexity index is 757. The van der Waals surface area contributed by atoms with Crippen LogP contribution in [0.2, 0.25) is 0 Å². The van der Waals surface area contributed by atoms with Crippen LogP contribution >= 0.6 is 0 Å². The summed E-state index contributed by atoms with van der Waals surface area (Å²) in [5.74, 6) is 0. The van der Waals surface area contributed by atoms with Gasteiger partial charge in [0.25, 0.3) is 0 Å². The maximum atomic E-state index is 11.3. The van der Waals surface area contributed by atoms with Gasteiger partial charge in [-0.3, -0.25) is 9.20 Å². The van der Waals surface area contributed by atoms with Gasteiger partial charge in [-0.15, -0.1) is 0 Å². The molecule has 0 radical (unpaired) electrons. The molecule has 0 atom stereocenters. The van der Waals surface area contributed by atoms with E-state index in [1.165, 1.54) is 0 Å². The van der Waals surface area contributed by atoms with Crippen LogP contribution in [0.25, 0.3) is 16.9 Å². The Labute approximate surface area is 111 Å². The average molecular weight is 250 g/mol. The lowest BCUT2D eigenvalue weighted by atomic mass is 10.1. The normalized spacial score (nSPS) is 10.8. The number of fused-ring (bicyclic) bond motifs is 1. The highest BCUT2D eigenvalue weighted by molar-refractivity contribution is 5.86. The van der Waals surface area contributed by atoms with Crippen molar-refractivity contribution in [2.45, 2.75) is 13.8 Å². The smallest absolute Gasteiger partial charge is 0.170 e. The van der Waals surface area contributed by atoms with E-state index in [2.05, 4.69) is 11.1 Å². The van der Waals surface area contributed by atoms with Gasteiger partial charge in [-0.2, -0.15) is 0 Å². The quantitative estimate of drug-likeness (QED) is 0.653. The van der Waals surface area contributed by atoms with Gasteiger partial charge >= 0.3 is 0 Å². The molecule has 1 aromatic carbocycles. The Morgan fingerprint density at radius 1 is 1.11 bits per heavy atom. The molecule has 19 heavy (non-hydrogen) atoms. The largest absolute Gasteiger partial charge is 0.296 e. The number of rotatable bonds is 2. The van der Waals surface area contributed by atoms with Crippen LogP contribution in [0.1, 0.15) is 21.7 Å². The van der Waals surface area contributed by atoms with E-state index in [0.717, 1.165) is 34.4 Å². The molecule has 0 bridgehead atoms. The number of benzene rings is 1. The number of aryl methyl sites for hydroxylation is 2. The number of pyridine rings is 1. The molecule has 0 fully saturated rings. The van der Waals surface area contributed by atoms with Gasteiger partial charge in [0.1, 0.15) is 11.3 Å². The van der Waals surface area contributed by atoms with Crippen LogP contribution in [0.3, 0.4) is 0 Å². The van der Waals surface area contributed by atoms with Crippen molar-refractivity contribution in [3.8, 4) is 11.3 Å². The van der Waals surface area contributed by atoms with Gasteiger partial charge in [-0.1, -0.05) is 30.3 Å². The van der Waals surface area contributed by atoms with E-state index >= 15 is 0 Å². The second-order valence-electron chi connectivity index (χ2n) is 4.70. The molecule has 2 aromatic heterocycles. The van der Waals surface area contributed by atoms with E-state index in [4.69, 9.17) is 0 Å². The molecule has 3 nitrogen and oxygen atoms in total. The molecule has 0 aliphatic carbocycles. The third-order valence-corrected chi connectivity index (χ3v) is 3.24. The predicted molar refractivity (Wildman–Crippen MR) is 75.5 cm³/mol. The summed E-state index contributed by atoms with van der Waals surface area (Å²) in [4.78, 5) is 15.7. The van der Waals surface area contributed by atoms with Crippen LogP contribution in [0.4, 0.5) is 0 Å². The predicted octanol–water partition coefficient (Wildman–Crippen LogP) is 3.43. The zero-order chi connectivity index (χ0) is 13.4. The molecule has 0 saturated carbocycles. The van der Waals surface area contributed by atoms with E-state index in [0.29, 0.717) is 5.69 Å². The molecular formula is C16H14N2O. The Morgan fingerprint density at radius 3 is 2.53 bits per heavy atom. The molecular weight excluding hydrogens is 236 g/mol. The van der Waals surface area contributed by atoms with Gasteiger partial charge in [0.05, 0.1) is 5.69 Å². The van der Waals surface area contributed by atoms with Gasteiger partial charge < -0.3 is 0 Å². The minimum absolute atomic E-state index is 0.486. The molecule has 0 aliphatic heterocycles. The number of aldehydes is 1. The van der Waals surface area contributed by atoms with Crippen molar-refractivity contribution < 1.29 is 4.79 Å². The zero-order valence-corrected chi connectivity index (χ0v) is 10.9. The number of nitrogens with zero attached hydrogens (tertiary/aromatic N) is 2. The fraction of sp³-hybridized carbons (Fsp3) is 0.125. The van der Waals surface area contributed by atoms with Crippen LogP contribution in [-0.4, -0.2) is 15.7 Å². The fourth-order valence-electron chi connectivity index (χ4n) is 2.50. The van der Waals surface area contributed by atoms with E-state index in [-0.39, 0.29) is 0 Å². The van der Waals surface area contributed by atoms with Crippen molar-refractivity contribution in [3.63, 3.8) is 0 Å². The lowest BCUT2D eigenvalue weighted by molar-refractivity contribution is 0.112. The first kappa shape index (κ1) is 11.7. The highest BCUT2D eigenvalue weighted by Gasteiger charge is 2.14. The maximum absolute atomic E-state index is 11.3. The first-order chi connectivity index (χ1) is 9.20. The molecule has 0 unspecified atom stereocenters. The highest BCUT2D eigenvalue weighted by Crippen LogP contribution is 2.26. The number of carbonyl (C=O) groups is 1. The van der Waals surface area contributed by atoms with Crippen LogP contribution in [0.15, 0.2) is 42.5 Å². The van der Waals surface area contributed by atoms with Gasteiger partial charge in [0.2, 0.25) is 0 Å². The molecule has 3 rings (SSSR count). The van der Waals surface area contributed by atoms with Crippen molar-refractivity contribution in [1.29, 1.82) is 0 Å². The minimum atomic E-state index is 0.486. The fourth-order valence-corrected chi connectivity index (χ4v) is 2.50. The third kappa shape index (κ3) is 1.83. The summed E-state index contributed by atoms with van der Waals surface area (Å²) in [5.41, 5.74) is 5.40. The summed E-state index contributed by atoms with van der Waals surface area (Å²) in [7, 11) is 0. The van der Waals surface area contributed by atoms with Crippen molar-refractivity contribution in [2.24, 2.45) is 0 Å². The molecule has 3 heteroatoms. The second kappa shape index (κ2) is 4.35. The minimum Gasteiger partial charge on any atom is -0.296 e. The number of imidazole rings is 1. The van der Waals surface area contributed by atoms with E-state index in [1.807, 2.05) is 54.6 Å². The molecule has 0 spiro atoms. The Hall–Kier alpha value is -2.42. The van der Waals surface area contributed by atoms with E-state index < -0.39 is 0 Å². The van der Waals surface area contributed by atoms with Crippen molar-refractivity contribution in [2.75, 3.05) is 0 Å². The summed E-state index contributed by atoms with van der Waals surface area (Å²) in [5, 5.41) is 0. The molecule has 0 amide bonds. The number of carbonyl (C=O) groups excluding carboxylic acids is 1. The number of aromatic nitrogens is 2. The maximum Gasteiger partial charge on any atom is 0.170 e. The average Bonchev–Trinajstić information content (AvgIpc) is 2.78. The Morgan fingerprint density at radius 2 is 1.84 bits per heavy atom. The van der Waals surface area contributed by atoms with Crippen molar-refractivity contribution in [3.05, 3.63) is 59.4 Å². The summed E-state index contributed by atoms with van der Waals surface area (Å²) in [6.07, 6.45) is 0.824. The highest BCUT2D eigenvalue weighted by atomic mass is 16.1. The van der Waals surface area contributed by atoms with Gasteiger partial charge in [0.15, 0.2) is 6.29 Å². The van der Waals surface area contributed by atoms with Crippen LogP contribution < -0.4 is 0 Å². The molecule has 94 valence electrons. The SMILES string of the molecule is Cc1cc(C)n2c(-c3ccccc3)c(C=O)nc2c1. The first-order valence-electron chi connectivity index (χ1n) is 6.21. The summed E-state index contributed by atoms with van der Waals surface area (Å²) in [6.45, 7) is 4.06. The number of hydrogen-bond acceptors (Lipinski definition) is 2. The molecule has 0 saturated heterocycles. The summed E-state index contributed by atoms with van der Waals surface area (Å²) in [6, 6.07) is 14.0. The monoisotopic (exact) mass is 250 g/mol. The van der Waals surface area contributed by atoms with E-state index in [9.17, 15) is 4.79 Å². The van der Waals surface area contributed by atoms with E-state index in [1.54, 1.807) is 0 Å². The zero-order valence-electron chi connectivity index (χ0n) is 10.9. The number of hydrogen-bond donors (Lipinski definition) is 0. The molecule has 3 aromatic rings. The lowest BCUT2D eigenvalue weighted by Gasteiger charge is -2.07. The standard InChI is InChI=1S/C16H14N2O/c1-11-8-12(2)18-15(9-11)17-14(10-19)16(18)13-6-4-3-5-7-13/h3-10H,1-2H3. The first-order valence-corrected chi connectivity index (χ1v) is 6.21. The van der Waals surface area contributed by atoms with Gasteiger partial charge in [0, 0.05) is 11.3 Å². The topological polar surface area (TPSA) is 34.4 Å². The summed E-state index contributed by atoms with van der Waals surface area (Å²) < 4.78 is 2.03. The molecule has 0 aliphatic rings. The molecule has 2 heterocycles. The third-order valence-electron chi connectivity index (χ3n) is 3.24. The van der Waals surface area contributed by atoms with Crippen LogP contribution in [0, 0.1) is 13.8 Å². The van der Waals surface area contributed by atoms with Gasteiger partial charge in [-0.25, -0.2) is 4.98 Å². The van der Waals surface area contributed by atoms with Crippen LogP contribution in [0.5, 0.6) is 0 Å². The lowest BCUT2D eigenvalue weighted by Crippen LogP contribution is -1.95.